The zero-order valence-corrected chi connectivity index (χ0v) is 11.5. The highest BCUT2D eigenvalue weighted by Crippen LogP contribution is 2.16. The lowest BCUT2D eigenvalue weighted by atomic mass is 10.2. The molecule has 20 heavy (non-hydrogen) atoms. The monoisotopic (exact) mass is 275 g/mol. The van der Waals surface area contributed by atoms with Crippen LogP contribution in [0.1, 0.15) is 13.8 Å². The second-order valence-electron chi connectivity index (χ2n) is 4.89. The lowest BCUT2D eigenvalue weighted by Gasteiger charge is -2.22. The number of carboxylic acid groups (broad SMARTS) is 1. The molecule has 2 rings (SSSR count). The third kappa shape index (κ3) is 3.31. The number of hydrogen-bond donors (Lipinski definition) is 1. The zero-order valence-electron chi connectivity index (χ0n) is 11.5. The van der Waals surface area contributed by atoms with Crippen LogP contribution in [0.4, 0.5) is 5.95 Å². The Hall–Kier alpha value is -2.44. The highest BCUT2D eigenvalue weighted by Gasteiger charge is 2.19. The smallest absolute Gasteiger partial charge is 0.323 e. The van der Waals surface area contributed by atoms with Crippen molar-refractivity contribution in [2.45, 2.75) is 13.8 Å². The molecule has 0 amide bonds. The molecule has 1 aromatic carbocycles. The Labute approximate surface area is 116 Å². The summed E-state index contributed by atoms with van der Waals surface area (Å²) in [5.41, 5.74) is 0.798. The van der Waals surface area contributed by atoms with Crippen LogP contribution in [0.5, 0.6) is 0 Å². The van der Waals surface area contributed by atoms with E-state index in [2.05, 4.69) is 15.5 Å². The van der Waals surface area contributed by atoms with E-state index in [0.29, 0.717) is 18.4 Å². The van der Waals surface area contributed by atoms with Crippen LogP contribution in [0.25, 0.3) is 5.69 Å². The summed E-state index contributed by atoms with van der Waals surface area (Å²) in [5.74, 6) is -0.171. The summed E-state index contributed by atoms with van der Waals surface area (Å²) in [7, 11) is 0. The molecule has 0 saturated heterocycles. The summed E-state index contributed by atoms with van der Waals surface area (Å²) >= 11 is 0. The quantitative estimate of drug-likeness (QED) is 0.853. The first kappa shape index (κ1) is 14.0. The number of carbonyl (C=O) groups is 1. The van der Waals surface area contributed by atoms with Crippen LogP contribution in [-0.4, -0.2) is 44.4 Å². The fourth-order valence-electron chi connectivity index (χ4n) is 1.94. The van der Waals surface area contributed by atoms with Crippen molar-refractivity contribution in [1.29, 1.82) is 0 Å². The van der Waals surface area contributed by atoms with Gasteiger partial charge in [-0.25, -0.2) is 0 Å². The Morgan fingerprint density at radius 2 is 2.05 bits per heavy atom. The van der Waals surface area contributed by atoms with Gasteiger partial charge in [0, 0.05) is 6.54 Å². The summed E-state index contributed by atoms with van der Waals surface area (Å²) in [6.45, 7) is 4.47. The lowest BCUT2D eigenvalue weighted by Crippen LogP contribution is -2.35. The van der Waals surface area contributed by atoms with E-state index >= 15 is 0 Å². The van der Waals surface area contributed by atoms with Gasteiger partial charge in [-0.05, 0) is 28.5 Å². The molecule has 0 bridgehead atoms. The molecule has 0 saturated carbocycles. The number of benzene rings is 1. The number of aliphatic carboxylic acids is 1. The van der Waals surface area contributed by atoms with Gasteiger partial charge in [0.05, 0.1) is 5.69 Å². The molecule has 106 valence electrons. The number of aromatic nitrogens is 4. The van der Waals surface area contributed by atoms with Crippen molar-refractivity contribution < 1.29 is 9.90 Å². The van der Waals surface area contributed by atoms with Crippen LogP contribution in [-0.2, 0) is 4.79 Å². The van der Waals surface area contributed by atoms with Crippen LogP contribution in [0, 0.1) is 5.92 Å². The van der Waals surface area contributed by atoms with E-state index in [1.807, 2.05) is 44.2 Å². The fourth-order valence-corrected chi connectivity index (χ4v) is 1.94. The van der Waals surface area contributed by atoms with Gasteiger partial charge in [0.25, 0.3) is 5.95 Å². The molecule has 0 radical (unpaired) electrons. The minimum Gasteiger partial charge on any atom is -0.480 e. The average Bonchev–Trinajstić information content (AvgIpc) is 2.87. The van der Waals surface area contributed by atoms with Gasteiger partial charge in [0.2, 0.25) is 0 Å². The lowest BCUT2D eigenvalue weighted by molar-refractivity contribution is -0.135. The van der Waals surface area contributed by atoms with Crippen LogP contribution in [0.15, 0.2) is 30.3 Å². The first-order valence-corrected chi connectivity index (χ1v) is 6.38. The van der Waals surface area contributed by atoms with Gasteiger partial charge in [-0.15, -0.1) is 0 Å². The number of hydrogen-bond acceptors (Lipinski definition) is 5. The molecular formula is C13H17N5O2. The Morgan fingerprint density at radius 3 is 2.65 bits per heavy atom. The first-order chi connectivity index (χ1) is 9.58. The molecular weight excluding hydrogens is 258 g/mol. The molecule has 0 spiro atoms. The SMILES string of the molecule is CC(C)CN(CC(=O)O)c1nnnn1-c1ccccc1. The second-order valence-corrected chi connectivity index (χ2v) is 4.89. The molecule has 1 heterocycles. The van der Waals surface area contributed by atoms with E-state index in [0.717, 1.165) is 5.69 Å². The molecule has 0 fully saturated rings. The van der Waals surface area contributed by atoms with Crippen molar-refractivity contribution in [2.75, 3.05) is 18.0 Å². The highest BCUT2D eigenvalue weighted by atomic mass is 16.4. The number of tetrazole rings is 1. The summed E-state index contributed by atoms with van der Waals surface area (Å²) < 4.78 is 1.55. The Balaban J connectivity index is 2.34. The number of rotatable bonds is 6. The Morgan fingerprint density at radius 1 is 1.35 bits per heavy atom. The maximum atomic E-state index is 11.0. The summed E-state index contributed by atoms with van der Waals surface area (Å²) in [4.78, 5) is 12.7. The zero-order chi connectivity index (χ0) is 14.5. The van der Waals surface area contributed by atoms with Crippen LogP contribution >= 0.6 is 0 Å². The summed E-state index contributed by atoms with van der Waals surface area (Å²) in [6, 6.07) is 9.40. The number of nitrogens with zero attached hydrogens (tertiary/aromatic N) is 5. The van der Waals surface area contributed by atoms with Gasteiger partial charge in [0.15, 0.2) is 0 Å². The van der Waals surface area contributed by atoms with E-state index in [1.54, 1.807) is 9.58 Å². The normalized spacial score (nSPS) is 10.8. The van der Waals surface area contributed by atoms with Gasteiger partial charge in [-0.1, -0.05) is 37.1 Å². The maximum absolute atomic E-state index is 11.0. The van der Waals surface area contributed by atoms with E-state index in [-0.39, 0.29) is 6.54 Å². The van der Waals surface area contributed by atoms with Gasteiger partial charge in [-0.3, -0.25) is 4.79 Å². The van der Waals surface area contributed by atoms with E-state index in [4.69, 9.17) is 5.11 Å². The number of anilines is 1. The van der Waals surface area contributed by atoms with E-state index < -0.39 is 5.97 Å². The molecule has 0 unspecified atom stereocenters. The fraction of sp³-hybridized carbons (Fsp3) is 0.385. The summed E-state index contributed by atoms with van der Waals surface area (Å²) in [6.07, 6.45) is 0. The van der Waals surface area contributed by atoms with Crippen molar-refractivity contribution in [3.63, 3.8) is 0 Å². The van der Waals surface area contributed by atoms with Crippen LogP contribution < -0.4 is 4.90 Å². The molecule has 7 nitrogen and oxygen atoms in total. The Bertz CT molecular complexity index is 567. The first-order valence-electron chi connectivity index (χ1n) is 6.38. The minimum atomic E-state index is -0.909. The second kappa shape index (κ2) is 6.14. The molecule has 0 aliphatic heterocycles. The topological polar surface area (TPSA) is 84.1 Å². The number of carboxylic acids is 1. The van der Waals surface area contributed by atoms with Crippen LogP contribution in [0.2, 0.25) is 0 Å². The van der Waals surface area contributed by atoms with Crippen LogP contribution in [0.3, 0.4) is 0 Å². The standard InChI is InChI=1S/C13H17N5O2/c1-10(2)8-17(9-12(19)20)13-14-15-16-18(13)11-6-4-3-5-7-11/h3-7,10H,8-9H2,1-2H3,(H,19,20). The Kier molecular flexibility index (Phi) is 4.29. The van der Waals surface area contributed by atoms with Crippen molar-refractivity contribution in [3.8, 4) is 5.69 Å². The van der Waals surface area contributed by atoms with Crippen molar-refractivity contribution >= 4 is 11.9 Å². The van der Waals surface area contributed by atoms with Gasteiger partial charge < -0.3 is 10.0 Å². The van der Waals surface area contributed by atoms with E-state index in [9.17, 15) is 4.79 Å². The highest BCUT2D eigenvalue weighted by molar-refractivity contribution is 5.72. The van der Waals surface area contributed by atoms with Gasteiger partial charge >= 0.3 is 5.97 Å². The molecule has 1 aromatic heterocycles. The minimum absolute atomic E-state index is 0.134. The molecule has 7 heteroatoms. The third-order valence-corrected chi connectivity index (χ3v) is 2.65. The number of para-hydroxylation sites is 1. The van der Waals surface area contributed by atoms with Crippen molar-refractivity contribution in [2.24, 2.45) is 5.92 Å². The van der Waals surface area contributed by atoms with Gasteiger partial charge in [0.1, 0.15) is 6.54 Å². The van der Waals surface area contributed by atoms with Crippen molar-refractivity contribution in [3.05, 3.63) is 30.3 Å². The predicted molar refractivity (Wildman–Crippen MR) is 73.8 cm³/mol. The molecule has 1 N–H and O–H groups in total. The van der Waals surface area contributed by atoms with E-state index in [1.165, 1.54) is 0 Å². The van der Waals surface area contributed by atoms with Gasteiger partial charge in [-0.2, -0.15) is 4.68 Å². The average molecular weight is 275 g/mol. The molecule has 2 aromatic rings. The summed E-state index contributed by atoms with van der Waals surface area (Å²) in [5, 5.41) is 20.6. The maximum Gasteiger partial charge on any atom is 0.323 e. The molecule has 0 atom stereocenters. The molecule has 0 aliphatic carbocycles. The molecule has 0 aliphatic rings. The van der Waals surface area contributed by atoms with Crippen molar-refractivity contribution in [1.82, 2.24) is 20.2 Å². The largest absolute Gasteiger partial charge is 0.480 e. The third-order valence-electron chi connectivity index (χ3n) is 2.65. The predicted octanol–water partition coefficient (Wildman–Crippen LogP) is 1.21.